The maximum Gasteiger partial charge on any atom is 0.305 e. The van der Waals surface area contributed by atoms with E-state index in [0.717, 1.165) is 23.8 Å². The number of halogens is 1. The van der Waals surface area contributed by atoms with Crippen molar-refractivity contribution in [3.8, 4) is 11.3 Å². The van der Waals surface area contributed by atoms with E-state index in [4.69, 9.17) is 11.6 Å². The summed E-state index contributed by atoms with van der Waals surface area (Å²) in [6.45, 7) is 0. The minimum absolute atomic E-state index is 0.0354. The minimum atomic E-state index is -1.03. The molecule has 2 N–H and O–H groups in total. The summed E-state index contributed by atoms with van der Waals surface area (Å²) >= 11 is 6.08. The van der Waals surface area contributed by atoms with Gasteiger partial charge < -0.3 is 10.4 Å². The van der Waals surface area contributed by atoms with E-state index in [1.54, 1.807) is 54.6 Å². The second-order valence-electron chi connectivity index (χ2n) is 9.84. The lowest BCUT2D eigenvalue weighted by Crippen LogP contribution is -2.44. The fraction of sp³-hybridized carbons (Fsp3) is 0.233. The van der Waals surface area contributed by atoms with Crippen LogP contribution in [0.15, 0.2) is 78.9 Å². The van der Waals surface area contributed by atoms with Crippen molar-refractivity contribution < 1.29 is 19.6 Å². The van der Waals surface area contributed by atoms with Gasteiger partial charge in [-0.3, -0.25) is 19.7 Å². The number of benzene rings is 3. The summed E-state index contributed by atoms with van der Waals surface area (Å²) in [7, 11) is 0. The molecule has 3 aromatic carbocycles. The molecule has 5 rings (SSSR count). The number of carbonyl (C=O) groups excluding carboxylic acids is 1. The zero-order valence-electron chi connectivity index (χ0n) is 21.0. The quantitative estimate of drug-likeness (QED) is 0.190. The highest BCUT2D eigenvalue weighted by atomic mass is 35.5. The number of amides is 1. The molecule has 9 heteroatoms. The fourth-order valence-corrected chi connectivity index (χ4v) is 5.60. The number of hydrogen-bond acceptors (Lipinski definition) is 5. The second kappa shape index (κ2) is 10.8. The Morgan fingerprint density at radius 2 is 1.74 bits per heavy atom. The largest absolute Gasteiger partial charge is 0.481 e. The SMILES string of the molecule is O=C(O)CC(NC(=O)C1(c2ccc(Cl)cc2)CCCC1)c1ccc2nc(-c3ccccc3[N+](=O)[O-])ccc2c1. The number of carboxylic acid groups (broad SMARTS) is 1. The van der Waals surface area contributed by atoms with Crippen molar-refractivity contribution in [2.45, 2.75) is 43.6 Å². The van der Waals surface area contributed by atoms with Crippen LogP contribution in [0.25, 0.3) is 22.2 Å². The van der Waals surface area contributed by atoms with Crippen molar-refractivity contribution in [2.75, 3.05) is 0 Å². The maximum atomic E-state index is 13.8. The van der Waals surface area contributed by atoms with Gasteiger partial charge in [0.2, 0.25) is 5.91 Å². The maximum absolute atomic E-state index is 13.8. The van der Waals surface area contributed by atoms with E-state index in [9.17, 15) is 24.8 Å². The molecule has 39 heavy (non-hydrogen) atoms. The summed E-state index contributed by atoms with van der Waals surface area (Å²) in [6.07, 6.45) is 2.88. The lowest BCUT2D eigenvalue weighted by Gasteiger charge is -2.31. The number of hydrogen-bond donors (Lipinski definition) is 2. The van der Waals surface area contributed by atoms with Crippen LogP contribution in [0.3, 0.4) is 0 Å². The van der Waals surface area contributed by atoms with Gasteiger partial charge in [-0.05, 0) is 60.4 Å². The van der Waals surface area contributed by atoms with Gasteiger partial charge in [-0.15, -0.1) is 0 Å². The highest BCUT2D eigenvalue weighted by Gasteiger charge is 2.43. The molecule has 0 spiro atoms. The van der Waals surface area contributed by atoms with Crippen LogP contribution in [0.5, 0.6) is 0 Å². The molecule has 0 saturated heterocycles. The molecule has 1 unspecified atom stereocenters. The van der Waals surface area contributed by atoms with Crippen molar-refractivity contribution in [3.05, 3.63) is 105 Å². The van der Waals surface area contributed by atoms with Gasteiger partial charge in [0.15, 0.2) is 0 Å². The van der Waals surface area contributed by atoms with Crippen LogP contribution in [0, 0.1) is 10.1 Å². The summed E-state index contributed by atoms with van der Waals surface area (Å²) in [5.74, 6) is -1.23. The normalized spacial score (nSPS) is 15.1. The van der Waals surface area contributed by atoms with Crippen molar-refractivity contribution >= 4 is 40.1 Å². The number of carboxylic acids is 1. The highest BCUT2D eigenvalue weighted by Crippen LogP contribution is 2.42. The first kappa shape index (κ1) is 26.3. The third-order valence-electron chi connectivity index (χ3n) is 7.46. The van der Waals surface area contributed by atoms with Crippen LogP contribution in [0.1, 0.15) is 49.3 Å². The molecule has 1 aliphatic rings. The molecular weight excluding hydrogens is 518 g/mol. The van der Waals surface area contributed by atoms with Gasteiger partial charge in [0.25, 0.3) is 5.69 Å². The summed E-state index contributed by atoms with van der Waals surface area (Å²) < 4.78 is 0. The molecule has 0 bridgehead atoms. The van der Waals surface area contributed by atoms with Crippen LogP contribution in [0.4, 0.5) is 5.69 Å². The molecule has 1 aliphatic carbocycles. The van der Waals surface area contributed by atoms with Crippen molar-refractivity contribution in [1.82, 2.24) is 10.3 Å². The fourth-order valence-electron chi connectivity index (χ4n) is 5.48. The van der Waals surface area contributed by atoms with Crippen LogP contribution in [-0.2, 0) is 15.0 Å². The molecule has 1 heterocycles. The zero-order valence-corrected chi connectivity index (χ0v) is 21.7. The Bertz CT molecular complexity index is 1560. The van der Waals surface area contributed by atoms with Crippen molar-refractivity contribution in [2.24, 2.45) is 0 Å². The molecule has 1 amide bonds. The lowest BCUT2D eigenvalue weighted by atomic mass is 9.77. The van der Waals surface area contributed by atoms with Gasteiger partial charge in [0.05, 0.1) is 39.6 Å². The first-order valence-electron chi connectivity index (χ1n) is 12.7. The highest BCUT2D eigenvalue weighted by molar-refractivity contribution is 6.30. The third-order valence-corrected chi connectivity index (χ3v) is 7.72. The average Bonchev–Trinajstić information content (AvgIpc) is 3.43. The summed E-state index contributed by atoms with van der Waals surface area (Å²) in [5, 5.41) is 25.5. The predicted octanol–water partition coefficient (Wildman–Crippen LogP) is 6.61. The van der Waals surface area contributed by atoms with E-state index in [2.05, 4.69) is 10.3 Å². The van der Waals surface area contributed by atoms with Gasteiger partial charge in [-0.1, -0.05) is 60.8 Å². The van der Waals surface area contributed by atoms with E-state index in [1.807, 2.05) is 18.2 Å². The number of carbonyl (C=O) groups is 2. The van der Waals surface area contributed by atoms with Gasteiger partial charge >= 0.3 is 5.97 Å². The van der Waals surface area contributed by atoms with Crippen LogP contribution < -0.4 is 5.32 Å². The first-order chi connectivity index (χ1) is 18.8. The number of nitro groups is 1. The summed E-state index contributed by atoms with van der Waals surface area (Å²) in [4.78, 5) is 41.2. The van der Waals surface area contributed by atoms with E-state index in [0.29, 0.717) is 40.2 Å². The minimum Gasteiger partial charge on any atom is -0.481 e. The smallest absolute Gasteiger partial charge is 0.305 e. The number of nitro benzene ring substituents is 1. The molecule has 4 aromatic rings. The van der Waals surface area contributed by atoms with E-state index >= 15 is 0 Å². The number of aromatic nitrogens is 1. The van der Waals surface area contributed by atoms with Gasteiger partial charge in [0, 0.05) is 16.5 Å². The molecular formula is C30H26ClN3O5. The Balaban J connectivity index is 1.47. The Morgan fingerprint density at radius 1 is 1.03 bits per heavy atom. The lowest BCUT2D eigenvalue weighted by molar-refractivity contribution is -0.384. The van der Waals surface area contributed by atoms with Gasteiger partial charge in [-0.25, -0.2) is 4.98 Å². The number of aliphatic carboxylic acids is 1. The van der Waals surface area contributed by atoms with Crippen LogP contribution in [-0.4, -0.2) is 26.9 Å². The number of pyridine rings is 1. The molecule has 0 aliphatic heterocycles. The Hall–Kier alpha value is -4.30. The number of rotatable bonds is 8. The molecule has 0 radical (unpaired) electrons. The molecule has 1 fully saturated rings. The van der Waals surface area contributed by atoms with E-state index < -0.39 is 22.3 Å². The topological polar surface area (TPSA) is 122 Å². The van der Waals surface area contributed by atoms with Crippen LogP contribution >= 0.6 is 11.6 Å². The summed E-state index contributed by atoms with van der Waals surface area (Å²) in [6, 6.07) is 21.7. The predicted molar refractivity (Wildman–Crippen MR) is 149 cm³/mol. The van der Waals surface area contributed by atoms with Gasteiger partial charge in [-0.2, -0.15) is 0 Å². The zero-order chi connectivity index (χ0) is 27.6. The average molecular weight is 544 g/mol. The molecule has 8 nitrogen and oxygen atoms in total. The molecule has 1 aromatic heterocycles. The first-order valence-corrected chi connectivity index (χ1v) is 13.1. The molecule has 198 valence electrons. The number of para-hydroxylation sites is 1. The second-order valence-corrected chi connectivity index (χ2v) is 10.3. The number of nitrogens with zero attached hydrogens (tertiary/aromatic N) is 2. The third kappa shape index (κ3) is 5.33. The Kier molecular flexibility index (Phi) is 7.30. The van der Waals surface area contributed by atoms with Crippen molar-refractivity contribution in [1.29, 1.82) is 0 Å². The summed E-state index contributed by atoms with van der Waals surface area (Å²) in [5.41, 5.74) is 2.22. The van der Waals surface area contributed by atoms with Crippen LogP contribution in [0.2, 0.25) is 5.02 Å². The standard InChI is InChI=1S/C30H26ClN3O5/c31-22-11-9-21(10-12-22)30(15-3-4-16-30)29(37)33-26(18-28(35)36)20-7-13-24-19(17-20)8-14-25(32-24)23-5-1-2-6-27(23)34(38)39/h1-2,5-14,17,26H,3-4,15-16,18H2,(H,33,37)(H,35,36). The van der Waals surface area contributed by atoms with Crippen molar-refractivity contribution in [3.63, 3.8) is 0 Å². The molecule has 1 saturated carbocycles. The Labute approximate surface area is 229 Å². The monoisotopic (exact) mass is 543 g/mol. The van der Waals surface area contributed by atoms with Gasteiger partial charge in [0.1, 0.15) is 0 Å². The Morgan fingerprint density at radius 3 is 2.44 bits per heavy atom. The number of nitrogens with one attached hydrogen (secondary N) is 1. The van der Waals surface area contributed by atoms with E-state index in [-0.39, 0.29) is 18.0 Å². The van der Waals surface area contributed by atoms with E-state index in [1.165, 1.54) is 6.07 Å². The molecule has 1 atom stereocenters. The number of fused-ring (bicyclic) bond motifs is 1.